The molecule has 0 atom stereocenters. The summed E-state index contributed by atoms with van der Waals surface area (Å²) in [7, 11) is 3.21. The summed E-state index contributed by atoms with van der Waals surface area (Å²) in [5, 5.41) is 11.6. The molecule has 9 heteroatoms. The molecule has 7 nitrogen and oxygen atoms in total. The van der Waals surface area contributed by atoms with E-state index in [1.165, 1.54) is 16.0 Å². The smallest absolute Gasteiger partial charge is 0.165 e. The minimum absolute atomic E-state index is 0.358. The van der Waals surface area contributed by atoms with Gasteiger partial charge in [0.25, 0.3) is 0 Å². The molecule has 28 heavy (non-hydrogen) atoms. The normalized spacial score (nSPS) is 10.8. The summed E-state index contributed by atoms with van der Waals surface area (Å²) >= 11 is 7.56. The Labute approximate surface area is 170 Å². The average Bonchev–Trinajstić information content (AvgIpc) is 3.34. The van der Waals surface area contributed by atoms with Gasteiger partial charge in [-0.2, -0.15) is 4.68 Å². The number of nitrogens with zero attached hydrogens (tertiary/aromatic N) is 4. The summed E-state index contributed by atoms with van der Waals surface area (Å²) in [6.07, 6.45) is 0. The number of nitrogens with two attached hydrogens (primary N) is 1. The number of thiazole rings is 1. The molecule has 0 spiro atoms. The summed E-state index contributed by atoms with van der Waals surface area (Å²) < 4.78 is 12.1. The van der Waals surface area contributed by atoms with Gasteiger partial charge in [-0.15, -0.1) is 16.4 Å². The van der Waals surface area contributed by atoms with Crippen LogP contribution in [0.25, 0.3) is 27.6 Å². The quantitative estimate of drug-likeness (QED) is 0.524. The minimum atomic E-state index is 0.358. The molecule has 0 aliphatic carbocycles. The number of hydrogen-bond donors (Lipinski definition) is 1. The molecular weight excluding hydrogens is 398 g/mol. The van der Waals surface area contributed by atoms with Crippen LogP contribution in [0, 0.1) is 0 Å². The third-order valence-corrected chi connectivity index (χ3v) is 5.25. The Morgan fingerprint density at radius 3 is 2.57 bits per heavy atom. The number of nitrogen functional groups attached to an aromatic ring is 1. The molecular formula is C19H16ClN5O2S. The van der Waals surface area contributed by atoms with E-state index >= 15 is 0 Å². The number of rotatable bonds is 5. The fraction of sp³-hybridized carbons (Fsp3) is 0.105. The highest BCUT2D eigenvalue weighted by atomic mass is 35.5. The van der Waals surface area contributed by atoms with Gasteiger partial charge in [0.05, 0.1) is 19.9 Å². The Kier molecular flexibility index (Phi) is 4.89. The number of aromatic nitrogens is 4. The van der Waals surface area contributed by atoms with Gasteiger partial charge in [0.15, 0.2) is 11.5 Å². The SMILES string of the molecule is COc1ccc(-c2csc(-c3nnn(-c4cc(Cl)ccc4OC)c3N)n2)cc1. The van der Waals surface area contributed by atoms with Crippen LogP contribution in [0.2, 0.25) is 5.02 Å². The van der Waals surface area contributed by atoms with Gasteiger partial charge >= 0.3 is 0 Å². The van der Waals surface area contributed by atoms with Gasteiger partial charge in [-0.05, 0) is 42.5 Å². The predicted octanol–water partition coefficient (Wildman–Crippen LogP) is 4.31. The van der Waals surface area contributed by atoms with Gasteiger partial charge in [-0.25, -0.2) is 4.98 Å². The van der Waals surface area contributed by atoms with Crippen LogP contribution in [0.15, 0.2) is 47.8 Å². The van der Waals surface area contributed by atoms with E-state index < -0.39 is 0 Å². The van der Waals surface area contributed by atoms with Gasteiger partial charge in [-0.1, -0.05) is 16.8 Å². The number of methoxy groups -OCH3 is 2. The van der Waals surface area contributed by atoms with Crippen molar-refractivity contribution < 1.29 is 9.47 Å². The van der Waals surface area contributed by atoms with Crippen molar-refractivity contribution in [3.05, 3.63) is 52.9 Å². The monoisotopic (exact) mass is 413 g/mol. The Bertz CT molecular complexity index is 1120. The molecule has 0 aliphatic rings. The molecule has 0 saturated carbocycles. The molecule has 0 amide bonds. The van der Waals surface area contributed by atoms with E-state index in [1.54, 1.807) is 32.4 Å². The molecule has 2 N–H and O–H groups in total. The van der Waals surface area contributed by atoms with Crippen molar-refractivity contribution in [1.82, 2.24) is 20.0 Å². The van der Waals surface area contributed by atoms with Crippen molar-refractivity contribution in [2.75, 3.05) is 20.0 Å². The number of hydrogen-bond acceptors (Lipinski definition) is 7. The second-order valence-corrected chi connectivity index (χ2v) is 7.11. The summed E-state index contributed by atoms with van der Waals surface area (Å²) in [6.45, 7) is 0. The van der Waals surface area contributed by atoms with E-state index in [0.717, 1.165) is 17.0 Å². The lowest BCUT2D eigenvalue weighted by atomic mass is 10.2. The van der Waals surface area contributed by atoms with E-state index in [9.17, 15) is 0 Å². The summed E-state index contributed by atoms with van der Waals surface area (Å²) in [4.78, 5) is 4.66. The lowest BCUT2D eigenvalue weighted by Crippen LogP contribution is -2.04. The minimum Gasteiger partial charge on any atom is -0.497 e. The Morgan fingerprint density at radius 2 is 1.86 bits per heavy atom. The highest BCUT2D eigenvalue weighted by molar-refractivity contribution is 7.13. The largest absolute Gasteiger partial charge is 0.497 e. The van der Waals surface area contributed by atoms with Crippen molar-refractivity contribution in [3.63, 3.8) is 0 Å². The standard InChI is InChI=1S/C19H16ClN5O2S/c1-26-13-6-3-11(4-7-13)14-10-28-19(22-14)17-18(21)25(24-23-17)15-9-12(20)5-8-16(15)27-2/h3-10H,21H2,1-2H3. The zero-order valence-corrected chi connectivity index (χ0v) is 16.7. The predicted molar refractivity (Wildman–Crippen MR) is 110 cm³/mol. The zero-order valence-electron chi connectivity index (χ0n) is 15.1. The Hall–Kier alpha value is -3.10. The molecule has 2 heterocycles. The number of ether oxygens (including phenoxy) is 2. The molecule has 142 valence electrons. The summed E-state index contributed by atoms with van der Waals surface area (Å²) in [5.41, 5.74) is 9.24. The highest BCUT2D eigenvalue weighted by Crippen LogP contribution is 2.34. The maximum atomic E-state index is 6.32. The molecule has 0 aliphatic heterocycles. The van der Waals surface area contributed by atoms with Gasteiger partial charge in [0, 0.05) is 16.0 Å². The molecule has 2 aromatic carbocycles. The lowest BCUT2D eigenvalue weighted by molar-refractivity contribution is 0.411. The molecule has 0 fully saturated rings. The van der Waals surface area contributed by atoms with Crippen LogP contribution in [0.1, 0.15) is 0 Å². The molecule has 0 radical (unpaired) electrons. The molecule has 0 bridgehead atoms. The van der Waals surface area contributed by atoms with Crippen molar-refractivity contribution in [3.8, 4) is 39.1 Å². The molecule has 0 unspecified atom stereocenters. The van der Waals surface area contributed by atoms with Crippen LogP contribution in [-0.2, 0) is 0 Å². The Morgan fingerprint density at radius 1 is 1.07 bits per heavy atom. The number of halogens is 1. The van der Waals surface area contributed by atoms with Crippen LogP contribution in [-0.4, -0.2) is 34.2 Å². The lowest BCUT2D eigenvalue weighted by Gasteiger charge is -2.09. The third kappa shape index (κ3) is 3.28. The van der Waals surface area contributed by atoms with Crippen molar-refractivity contribution >= 4 is 28.8 Å². The van der Waals surface area contributed by atoms with Crippen molar-refractivity contribution in [2.45, 2.75) is 0 Å². The van der Waals surface area contributed by atoms with E-state index in [4.69, 9.17) is 26.8 Å². The first-order valence-corrected chi connectivity index (χ1v) is 9.52. The number of benzene rings is 2. The van der Waals surface area contributed by atoms with Crippen LogP contribution < -0.4 is 15.2 Å². The number of anilines is 1. The van der Waals surface area contributed by atoms with Crippen LogP contribution in [0.5, 0.6) is 11.5 Å². The zero-order chi connectivity index (χ0) is 19.7. The fourth-order valence-corrected chi connectivity index (χ4v) is 3.71. The fourth-order valence-electron chi connectivity index (χ4n) is 2.72. The molecule has 4 aromatic rings. The van der Waals surface area contributed by atoms with Gasteiger partial charge in [0.2, 0.25) is 0 Å². The maximum absolute atomic E-state index is 6.32. The van der Waals surface area contributed by atoms with E-state index in [1.807, 2.05) is 29.6 Å². The Balaban J connectivity index is 1.70. The maximum Gasteiger partial charge on any atom is 0.165 e. The summed E-state index contributed by atoms with van der Waals surface area (Å²) in [5.74, 6) is 1.74. The first-order chi connectivity index (χ1) is 13.6. The second kappa shape index (κ2) is 7.49. The van der Waals surface area contributed by atoms with Crippen molar-refractivity contribution in [2.24, 2.45) is 0 Å². The van der Waals surface area contributed by atoms with E-state index in [0.29, 0.717) is 33.0 Å². The molecule has 2 aromatic heterocycles. The first-order valence-electron chi connectivity index (χ1n) is 8.26. The topological polar surface area (TPSA) is 88.1 Å². The second-order valence-electron chi connectivity index (χ2n) is 5.82. The molecule has 0 saturated heterocycles. The van der Waals surface area contributed by atoms with Crippen LogP contribution in [0.3, 0.4) is 0 Å². The average molecular weight is 414 g/mol. The van der Waals surface area contributed by atoms with Crippen LogP contribution in [0.4, 0.5) is 5.82 Å². The van der Waals surface area contributed by atoms with E-state index in [2.05, 4.69) is 15.3 Å². The first kappa shape index (κ1) is 18.3. The highest BCUT2D eigenvalue weighted by Gasteiger charge is 2.19. The third-order valence-electron chi connectivity index (χ3n) is 4.17. The van der Waals surface area contributed by atoms with E-state index in [-0.39, 0.29) is 0 Å². The van der Waals surface area contributed by atoms with Gasteiger partial charge in [0.1, 0.15) is 22.2 Å². The summed E-state index contributed by atoms with van der Waals surface area (Å²) in [6, 6.07) is 12.9. The van der Waals surface area contributed by atoms with Gasteiger partial charge < -0.3 is 15.2 Å². The van der Waals surface area contributed by atoms with Gasteiger partial charge in [-0.3, -0.25) is 0 Å². The van der Waals surface area contributed by atoms with Crippen LogP contribution >= 0.6 is 22.9 Å². The van der Waals surface area contributed by atoms with Crippen molar-refractivity contribution in [1.29, 1.82) is 0 Å². The molecule has 4 rings (SSSR count).